The standard InChI is InChI=1S/C11H10BrF2N3O4/c12-5-1-6(13)10(7(14)2-5)16-11(21)17(3-8(15)18)4-9(19)20/h1-2H,3-4H2,(H2,15,18)(H,16,21)(H,19,20). The molecule has 0 heterocycles. The summed E-state index contributed by atoms with van der Waals surface area (Å²) in [4.78, 5) is 33.7. The molecule has 1 aromatic rings. The molecule has 0 aliphatic rings. The van der Waals surface area contributed by atoms with Crippen molar-refractivity contribution in [2.75, 3.05) is 18.4 Å². The van der Waals surface area contributed by atoms with Gasteiger partial charge in [0, 0.05) is 4.47 Å². The second kappa shape index (κ2) is 6.97. The van der Waals surface area contributed by atoms with Crippen molar-refractivity contribution >= 4 is 39.5 Å². The van der Waals surface area contributed by atoms with Gasteiger partial charge in [-0.05, 0) is 12.1 Å². The minimum Gasteiger partial charge on any atom is -0.480 e. The molecule has 0 atom stereocenters. The summed E-state index contributed by atoms with van der Waals surface area (Å²) in [6.45, 7) is -1.56. The summed E-state index contributed by atoms with van der Waals surface area (Å²) < 4.78 is 27.2. The molecule has 1 aromatic carbocycles. The van der Waals surface area contributed by atoms with Crippen LogP contribution in [-0.4, -0.2) is 41.0 Å². The second-order valence-electron chi connectivity index (χ2n) is 3.89. The molecule has 0 saturated heterocycles. The highest BCUT2D eigenvalue weighted by atomic mass is 79.9. The van der Waals surface area contributed by atoms with Crippen LogP contribution in [0.25, 0.3) is 0 Å². The molecule has 10 heteroatoms. The zero-order valence-electron chi connectivity index (χ0n) is 10.4. The average molecular weight is 366 g/mol. The van der Waals surface area contributed by atoms with Gasteiger partial charge in [0.05, 0.1) is 0 Å². The van der Waals surface area contributed by atoms with Crippen LogP contribution in [0.1, 0.15) is 0 Å². The van der Waals surface area contributed by atoms with Gasteiger partial charge < -0.3 is 21.1 Å². The number of carbonyl (C=O) groups excluding carboxylic acids is 2. The summed E-state index contributed by atoms with van der Waals surface area (Å²) in [7, 11) is 0. The molecule has 1 rings (SSSR count). The molecule has 0 bridgehead atoms. The lowest BCUT2D eigenvalue weighted by Gasteiger charge is -2.20. The van der Waals surface area contributed by atoms with Crippen molar-refractivity contribution in [1.82, 2.24) is 4.90 Å². The summed E-state index contributed by atoms with van der Waals surface area (Å²) in [6.07, 6.45) is 0. The van der Waals surface area contributed by atoms with E-state index in [0.29, 0.717) is 4.90 Å². The van der Waals surface area contributed by atoms with Gasteiger partial charge >= 0.3 is 12.0 Å². The lowest BCUT2D eigenvalue weighted by molar-refractivity contribution is -0.137. The van der Waals surface area contributed by atoms with Crippen molar-refractivity contribution in [1.29, 1.82) is 0 Å². The van der Waals surface area contributed by atoms with Crippen LogP contribution < -0.4 is 11.1 Å². The Morgan fingerprint density at radius 1 is 1.24 bits per heavy atom. The van der Waals surface area contributed by atoms with E-state index in [4.69, 9.17) is 10.8 Å². The summed E-state index contributed by atoms with van der Waals surface area (Å²) in [5.74, 6) is -4.51. The number of urea groups is 1. The zero-order valence-corrected chi connectivity index (χ0v) is 12.0. The van der Waals surface area contributed by atoms with Crippen LogP contribution in [-0.2, 0) is 9.59 Å². The van der Waals surface area contributed by atoms with Crippen LogP contribution in [0.3, 0.4) is 0 Å². The van der Waals surface area contributed by atoms with Crippen molar-refractivity contribution in [2.24, 2.45) is 5.73 Å². The van der Waals surface area contributed by atoms with Crippen LogP contribution in [0.15, 0.2) is 16.6 Å². The van der Waals surface area contributed by atoms with Crippen molar-refractivity contribution < 1.29 is 28.3 Å². The topological polar surface area (TPSA) is 113 Å². The predicted molar refractivity (Wildman–Crippen MR) is 71.5 cm³/mol. The average Bonchev–Trinajstić information content (AvgIpc) is 2.31. The fraction of sp³-hybridized carbons (Fsp3) is 0.182. The number of nitrogens with zero attached hydrogens (tertiary/aromatic N) is 1. The maximum absolute atomic E-state index is 13.5. The molecule has 0 fully saturated rings. The number of halogens is 3. The molecule has 0 radical (unpaired) electrons. The molecule has 21 heavy (non-hydrogen) atoms. The van der Waals surface area contributed by atoms with Gasteiger partial charge in [-0.2, -0.15) is 0 Å². The number of nitrogens with one attached hydrogen (secondary N) is 1. The van der Waals surface area contributed by atoms with Crippen molar-refractivity contribution in [3.63, 3.8) is 0 Å². The minimum atomic E-state index is -1.41. The van der Waals surface area contributed by atoms with Crippen molar-refractivity contribution in [3.05, 3.63) is 28.2 Å². The fourth-order valence-corrected chi connectivity index (χ4v) is 1.80. The van der Waals surface area contributed by atoms with Gasteiger partial charge in [0.25, 0.3) is 0 Å². The quantitative estimate of drug-likeness (QED) is 0.725. The van der Waals surface area contributed by atoms with E-state index in [0.717, 1.165) is 12.1 Å². The summed E-state index contributed by atoms with van der Waals surface area (Å²) in [6, 6.07) is 0.652. The molecular weight excluding hydrogens is 356 g/mol. The molecule has 0 spiro atoms. The molecule has 0 aliphatic heterocycles. The number of carboxylic acids is 1. The maximum atomic E-state index is 13.5. The van der Waals surface area contributed by atoms with E-state index in [2.05, 4.69) is 15.9 Å². The Balaban J connectivity index is 2.96. The number of carbonyl (C=O) groups is 3. The number of hydrogen-bond donors (Lipinski definition) is 3. The molecule has 7 nitrogen and oxygen atoms in total. The highest BCUT2D eigenvalue weighted by molar-refractivity contribution is 9.10. The first-order valence-electron chi connectivity index (χ1n) is 5.41. The smallest absolute Gasteiger partial charge is 0.323 e. The Kier molecular flexibility index (Phi) is 5.59. The van der Waals surface area contributed by atoms with Crippen LogP contribution in [0.5, 0.6) is 0 Å². The summed E-state index contributed by atoms with van der Waals surface area (Å²) >= 11 is 2.87. The monoisotopic (exact) mass is 365 g/mol. The minimum absolute atomic E-state index is 0.120. The molecule has 3 amide bonds. The van der Waals surface area contributed by atoms with Gasteiger partial charge in [-0.25, -0.2) is 13.6 Å². The number of rotatable bonds is 5. The van der Waals surface area contributed by atoms with Crippen LogP contribution in [0.4, 0.5) is 19.3 Å². The molecule has 114 valence electrons. The van der Waals surface area contributed by atoms with Gasteiger partial charge in [-0.15, -0.1) is 0 Å². The SMILES string of the molecule is NC(=O)CN(CC(=O)O)C(=O)Nc1c(F)cc(Br)cc1F. The van der Waals surface area contributed by atoms with E-state index in [1.54, 1.807) is 0 Å². The van der Waals surface area contributed by atoms with E-state index >= 15 is 0 Å². The molecule has 0 unspecified atom stereocenters. The molecule has 0 saturated carbocycles. The first-order chi connectivity index (χ1) is 9.70. The number of hydrogen-bond acceptors (Lipinski definition) is 3. The third-order valence-corrected chi connectivity index (χ3v) is 2.66. The van der Waals surface area contributed by atoms with Crippen LogP contribution in [0, 0.1) is 11.6 Å². The van der Waals surface area contributed by atoms with E-state index < -0.39 is 48.3 Å². The van der Waals surface area contributed by atoms with E-state index in [1.807, 2.05) is 5.32 Å². The van der Waals surface area contributed by atoms with E-state index in [1.165, 1.54) is 0 Å². The zero-order chi connectivity index (χ0) is 16.2. The first kappa shape index (κ1) is 16.8. The van der Waals surface area contributed by atoms with Gasteiger partial charge in [0.15, 0.2) is 11.6 Å². The first-order valence-corrected chi connectivity index (χ1v) is 6.20. The normalized spacial score (nSPS) is 10.0. The molecular formula is C11H10BrF2N3O4. The Morgan fingerprint density at radius 2 is 1.76 bits per heavy atom. The summed E-state index contributed by atoms with van der Waals surface area (Å²) in [5.41, 5.74) is 4.11. The largest absolute Gasteiger partial charge is 0.480 e. The number of amides is 3. The summed E-state index contributed by atoms with van der Waals surface area (Å²) in [5, 5.41) is 10.5. The Morgan fingerprint density at radius 3 is 2.19 bits per heavy atom. The van der Waals surface area contributed by atoms with E-state index in [-0.39, 0.29) is 4.47 Å². The lowest BCUT2D eigenvalue weighted by Crippen LogP contribution is -2.44. The van der Waals surface area contributed by atoms with Crippen LogP contribution >= 0.6 is 15.9 Å². The Bertz CT molecular complexity index is 558. The number of anilines is 1. The number of nitrogens with two attached hydrogens (primary N) is 1. The predicted octanol–water partition coefficient (Wildman–Crippen LogP) is 1.13. The van der Waals surface area contributed by atoms with Gasteiger partial charge in [-0.1, -0.05) is 15.9 Å². The van der Waals surface area contributed by atoms with Crippen molar-refractivity contribution in [2.45, 2.75) is 0 Å². The Labute approximate surface area is 125 Å². The molecule has 4 N–H and O–H groups in total. The number of benzene rings is 1. The fourth-order valence-electron chi connectivity index (χ4n) is 1.40. The van der Waals surface area contributed by atoms with Crippen LogP contribution in [0.2, 0.25) is 0 Å². The van der Waals surface area contributed by atoms with Gasteiger partial charge in [0.1, 0.15) is 18.8 Å². The Hall–Kier alpha value is -2.23. The highest BCUT2D eigenvalue weighted by Crippen LogP contribution is 2.24. The number of aliphatic carboxylic acids is 1. The van der Waals surface area contributed by atoms with Gasteiger partial charge in [-0.3, -0.25) is 9.59 Å². The van der Waals surface area contributed by atoms with E-state index in [9.17, 15) is 23.2 Å². The maximum Gasteiger partial charge on any atom is 0.323 e. The van der Waals surface area contributed by atoms with Gasteiger partial charge in [0.2, 0.25) is 5.91 Å². The highest BCUT2D eigenvalue weighted by Gasteiger charge is 2.21. The third-order valence-electron chi connectivity index (χ3n) is 2.20. The second-order valence-corrected chi connectivity index (χ2v) is 4.81. The molecule has 0 aromatic heterocycles. The van der Waals surface area contributed by atoms with Crippen molar-refractivity contribution in [3.8, 4) is 0 Å². The lowest BCUT2D eigenvalue weighted by atomic mass is 10.3. The number of primary amides is 1. The molecule has 0 aliphatic carbocycles. The number of carboxylic acid groups (broad SMARTS) is 1. The third kappa shape index (κ3) is 4.99.